The van der Waals surface area contributed by atoms with Crippen LogP contribution in [0.25, 0.3) is 0 Å². The lowest BCUT2D eigenvalue weighted by Crippen LogP contribution is -2.49. The Bertz CT molecular complexity index is 182. The normalized spacial score (nSPS) is 29.4. The van der Waals surface area contributed by atoms with Crippen LogP contribution in [0.15, 0.2) is 0 Å². The largest absolute Gasteiger partial charge is 0.345 e. The van der Waals surface area contributed by atoms with E-state index in [9.17, 15) is 9.59 Å². The summed E-state index contributed by atoms with van der Waals surface area (Å²) in [7, 11) is 0. The number of carbonyl (C=O) groups is 2. The van der Waals surface area contributed by atoms with Crippen molar-refractivity contribution < 1.29 is 9.59 Å². The van der Waals surface area contributed by atoms with E-state index in [2.05, 4.69) is 5.32 Å². The van der Waals surface area contributed by atoms with Gasteiger partial charge in [0.25, 0.3) is 5.91 Å². The van der Waals surface area contributed by atoms with Gasteiger partial charge in [-0.15, -0.1) is 0 Å². The summed E-state index contributed by atoms with van der Waals surface area (Å²) in [6.45, 7) is 0. The minimum atomic E-state index is -0.558. The van der Waals surface area contributed by atoms with Crippen molar-refractivity contribution in [3.8, 4) is 0 Å². The van der Waals surface area contributed by atoms with Crippen LogP contribution in [0.3, 0.4) is 0 Å². The van der Waals surface area contributed by atoms with Crippen molar-refractivity contribution >= 4 is 12.2 Å². The number of hydrogen-bond acceptors (Lipinski definition) is 3. The molecule has 1 saturated carbocycles. The minimum absolute atomic E-state index is 0.00329. The molecule has 3 N–H and O–H groups in total. The van der Waals surface area contributed by atoms with Crippen LogP contribution in [0.5, 0.6) is 0 Å². The lowest BCUT2D eigenvalue weighted by Gasteiger charge is -2.28. The molecule has 1 amide bonds. The van der Waals surface area contributed by atoms with Gasteiger partial charge >= 0.3 is 0 Å². The average Bonchev–Trinajstić information content (AvgIpc) is 2.09. The van der Waals surface area contributed by atoms with Gasteiger partial charge in [0.1, 0.15) is 0 Å². The molecule has 1 aliphatic rings. The van der Waals surface area contributed by atoms with Gasteiger partial charge in [-0.25, -0.2) is 0 Å². The van der Waals surface area contributed by atoms with Crippen molar-refractivity contribution in [1.82, 2.24) is 5.32 Å². The number of nitrogens with one attached hydrogen (secondary N) is 1. The molecule has 2 unspecified atom stereocenters. The maximum Gasteiger partial charge on any atom is 0.284 e. The highest BCUT2D eigenvalue weighted by Crippen LogP contribution is 2.16. The third kappa shape index (κ3) is 2.30. The van der Waals surface area contributed by atoms with Gasteiger partial charge in [0.15, 0.2) is 0 Å². The molecule has 1 rings (SSSR count). The molecule has 0 saturated heterocycles. The molecule has 68 valence electrons. The maximum absolute atomic E-state index is 10.7. The van der Waals surface area contributed by atoms with Crippen LogP contribution in [0, 0.1) is 0 Å². The van der Waals surface area contributed by atoms with Crippen molar-refractivity contribution in [3.05, 3.63) is 0 Å². The zero-order valence-electron chi connectivity index (χ0n) is 6.95. The highest BCUT2D eigenvalue weighted by atomic mass is 16.2. The Balaban J connectivity index is 2.38. The molecule has 0 radical (unpaired) electrons. The van der Waals surface area contributed by atoms with Crippen LogP contribution < -0.4 is 11.1 Å². The Morgan fingerprint density at radius 3 is 2.67 bits per heavy atom. The predicted octanol–water partition coefficient (Wildman–Crippen LogP) is -0.429. The highest BCUT2D eigenvalue weighted by molar-refractivity contribution is 6.23. The Morgan fingerprint density at radius 2 is 2.08 bits per heavy atom. The average molecular weight is 170 g/mol. The first-order chi connectivity index (χ1) is 5.74. The van der Waals surface area contributed by atoms with Gasteiger partial charge in [-0.3, -0.25) is 9.59 Å². The number of rotatable bonds is 2. The minimum Gasteiger partial charge on any atom is -0.345 e. The van der Waals surface area contributed by atoms with Crippen LogP contribution >= 0.6 is 0 Å². The highest BCUT2D eigenvalue weighted by Gasteiger charge is 2.22. The van der Waals surface area contributed by atoms with Gasteiger partial charge in [0.05, 0.1) is 0 Å². The van der Waals surface area contributed by atoms with Gasteiger partial charge in [-0.1, -0.05) is 12.8 Å². The Kier molecular flexibility index (Phi) is 3.22. The number of nitrogens with two attached hydrogens (primary N) is 1. The first kappa shape index (κ1) is 9.19. The molecular weight excluding hydrogens is 156 g/mol. The van der Waals surface area contributed by atoms with Crippen molar-refractivity contribution in [2.75, 3.05) is 0 Å². The third-order valence-corrected chi connectivity index (χ3v) is 2.25. The van der Waals surface area contributed by atoms with E-state index < -0.39 is 5.91 Å². The van der Waals surface area contributed by atoms with E-state index in [1.807, 2.05) is 0 Å². The van der Waals surface area contributed by atoms with Gasteiger partial charge < -0.3 is 11.1 Å². The van der Waals surface area contributed by atoms with Crippen LogP contribution in [-0.4, -0.2) is 24.3 Å². The second-order valence-electron chi connectivity index (χ2n) is 3.18. The number of carbonyl (C=O) groups excluding carboxylic acids is 2. The molecule has 0 heterocycles. The molecule has 1 aliphatic carbocycles. The number of amides is 1. The van der Waals surface area contributed by atoms with Gasteiger partial charge in [0, 0.05) is 12.1 Å². The van der Waals surface area contributed by atoms with Crippen LogP contribution in [-0.2, 0) is 9.59 Å². The summed E-state index contributed by atoms with van der Waals surface area (Å²) in [6, 6.07) is 0.0131. The molecule has 0 aromatic heterocycles. The second kappa shape index (κ2) is 4.21. The van der Waals surface area contributed by atoms with E-state index >= 15 is 0 Å². The van der Waals surface area contributed by atoms with E-state index in [0.717, 1.165) is 25.7 Å². The monoisotopic (exact) mass is 170 g/mol. The Labute approximate surface area is 71.5 Å². The summed E-state index contributed by atoms with van der Waals surface area (Å²) in [5.74, 6) is -0.558. The zero-order chi connectivity index (χ0) is 8.97. The van der Waals surface area contributed by atoms with Crippen molar-refractivity contribution in [3.63, 3.8) is 0 Å². The van der Waals surface area contributed by atoms with Crippen molar-refractivity contribution in [2.45, 2.75) is 37.8 Å². The van der Waals surface area contributed by atoms with Gasteiger partial charge in [-0.2, -0.15) is 0 Å². The topological polar surface area (TPSA) is 72.2 Å². The molecule has 0 aromatic carbocycles. The van der Waals surface area contributed by atoms with Crippen LogP contribution in [0.1, 0.15) is 25.7 Å². The standard InChI is InChI=1S/C8H14N2O2/c9-6-3-1-2-4-7(6)10-8(12)5-11/h5-7H,1-4,9H2,(H,10,12). The van der Waals surface area contributed by atoms with Gasteiger partial charge in [-0.05, 0) is 12.8 Å². The number of aldehydes is 1. The van der Waals surface area contributed by atoms with E-state index in [-0.39, 0.29) is 12.1 Å². The lowest BCUT2D eigenvalue weighted by atomic mass is 9.91. The lowest BCUT2D eigenvalue weighted by molar-refractivity contribution is -0.132. The van der Waals surface area contributed by atoms with Crippen LogP contribution in [0.2, 0.25) is 0 Å². The molecule has 12 heavy (non-hydrogen) atoms. The Morgan fingerprint density at radius 1 is 1.42 bits per heavy atom. The maximum atomic E-state index is 10.7. The summed E-state index contributed by atoms with van der Waals surface area (Å²) >= 11 is 0. The molecule has 0 bridgehead atoms. The second-order valence-corrected chi connectivity index (χ2v) is 3.18. The summed E-state index contributed by atoms with van der Waals surface area (Å²) in [6.07, 6.45) is 4.32. The summed E-state index contributed by atoms with van der Waals surface area (Å²) in [4.78, 5) is 20.7. The SMILES string of the molecule is NC1CCCCC1NC(=O)C=O. The summed E-state index contributed by atoms with van der Waals surface area (Å²) < 4.78 is 0. The molecule has 4 heteroatoms. The first-order valence-electron chi connectivity index (χ1n) is 4.25. The predicted molar refractivity (Wildman–Crippen MR) is 44.4 cm³/mol. The fraction of sp³-hybridized carbons (Fsp3) is 0.750. The molecule has 2 atom stereocenters. The molecule has 0 aromatic rings. The fourth-order valence-corrected chi connectivity index (χ4v) is 1.56. The van der Waals surface area contributed by atoms with E-state index in [0.29, 0.717) is 6.29 Å². The van der Waals surface area contributed by atoms with Crippen LogP contribution in [0.4, 0.5) is 0 Å². The first-order valence-corrected chi connectivity index (χ1v) is 4.25. The molecule has 0 spiro atoms. The smallest absolute Gasteiger partial charge is 0.284 e. The van der Waals surface area contributed by atoms with E-state index in [4.69, 9.17) is 5.73 Å². The molecule has 1 fully saturated rings. The van der Waals surface area contributed by atoms with E-state index in [1.54, 1.807) is 0 Å². The summed E-state index contributed by atoms with van der Waals surface area (Å²) in [5, 5.41) is 2.59. The quantitative estimate of drug-likeness (QED) is 0.436. The van der Waals surface area contributed by atoms with Gasteiger partial charge in [0.2, 0.25) is 6.29 Å². The molecular formula is C8H14N2O2. The molecule has 4 nitrogen and oxygen atoms in total. The number of hydrogen-bond donors (Lipinski definition) is 2. The summed E-state index contributed by atoms with van der Waals surface area (Å²) in [5.41, 5.74) is 5.75. The van der Waals surface area contributed by atoms with E-state index in [1.165, 1.54) is 0 Å². The third-order valence-electron chi connectivity index (χ3n) is 2.25. The zero-order valence-corrected chi connectivity index (χ0v) is 6.95. The van der Waals surface area contributed by atoms with Crippen molar-refractivity contribution in [2.24, 2.45) is 5.73 Å². The fourth-order valence-electron chi connectivity index (χ4n) is 1.56. The molecule has 0 aliphatic heterocycles. The Hall–Kier alpha value is -0.900. The van der Waals surface area contributed by atoms with Crippen molar-refractivity contribution in [1.29, 1.82) is 0 Å².